The van der Waals surface area contributed by atoms with E-state index in [9.17, 15) is 20.1 Å². The zero-order chi connectivity index (χ0) is 17.4. The van der Waals surface area contributed by atoms with E-state index in [2.05, 4.69) is 5.32 Å². The number of aliphatic hydroxyl groups is 4. The fraction of sp³-hybridized carbons (Fsp3) is 0.533. The van der Waals surface area contributed by atoms with Crippen molar-refractivity contribution in [2.45, 2.75) is 36.7 Å². The van der Waals surface area contributed by atoms with Crippen LogP contribution in [0.25, 0.3) is 0 Å². The molecule has 0 unspecified atom stereocenters. The minimum Gasteiger partial charge on any atom is -0.497 e. The molecule has 5 N–H and O–H groups in total. The number of carbonyl (C=O) groups excluding carboxylic acids is 1. The summed E-state index contributed by atoms with van der Waals surface area (Å²) in [5.41, 5.74) is 0.533. The molecule has 2 amide bonds. The molecule has 9 heteroatoms. The maximum atomic E-state index is 12.2. The third-order valence-electron chi connectivity index (χ3n) is 4.34. The average molecular weight is 340 g/mol. The van der Waals surface area contributed by atoms with Crippen molar-refractivity contribution in [2.24, 2.45) is 0 Å². The van der Waals surface area contributed by atoms with Crippen molar-refractivity contribution in [1.82, 2.24) is 5.32 Å². The zero-order valence-corrected chi connectivity index (χ0v) is 12.9. The lowest BCUT2D eigenvalue weighted by atomic mass is 10.0. The zero-order valence-electron chi connectivity index (χ0n) is 12.9. The molecule has 9 nitrogen and oxygen atoms in total. The molecule has 24 heavy (non-hydrogen) atoms. The van der Waals surface area contributed by atoms with Crippen molar-refractivity contribution in [3.63, 3.8) is 0 Å². The summed E-state index contributed by atoms with van der Waals surface area (Å²) in [5, 5.41) is 41.4. The quantitative estimate of drug-likeness (QED) is 0.436. The molecule has 0 aliphatic carbocycles. The van der Waals surface area contributed by atoms with E-state index in [0.29, 0.717) is 11.4 Å². The second kappa shape index (κ2) is 6.54. The first-order chi connectivity index (χ1) is 11.5. The summed E-state index contributed by atoms with van der Waals surface area (Å²) >= 11 is 0. The molecule has 132 valence electrons. The summed E-state index contributed by atoms with van der Waals surface area (Å²) in [6, 6.07) is 5.51. The number of fused-ring (bicyclic) bond motifs is 1. The lowest BCUT2D eigenvalue weighted by Crippen LogP contribution is -2.49. The maximum absolute atomic E-state index is 12.2. The van der Waals surface area contributed by atoms with Crippen LogP contribution in [0.3, 0.4) is 0 Å². The fourth-order valence-electron chi connectivity index (χ4n) is 3.02. The fourth-order valence-corrected chi connectivity index (χ4v) is 3.02. The van der Waals surface area contributed by atoms with Crippen LogP contribution < -0.4 is 15.0 Å². The van der Waals surface area contributed by atoms with Gasteiger partial charge in [-0.15, -0.1) is 0 Å². The van der Waals surface area contributed by atoms with E-state index in [-0.39, 0.29) is 0 Å². The summed E-state index contributed by atoms with van der Waals surface area (Å²) in [6.07, 6.45) is -6.13. The number of ether oxygens (including phenoxy) is 2. The van der Waals surface area contributed by atoms with Crippen molar-refractivity contribution in [2.75, 3.05) is 18.6 Å². The van der Waals surface area contributed by atoms with Gasteiger partial charge in [0.25, 0.3) is 0 Å². The Balaban J connectivity index is 1.82. The molecule has 2 fully saturated rings. The number of nitrogens with zero attached hydrogens (tertiary/aromatic N) is 1. The van der Waals surface area contributed by atoms with Gasteiger partial charge in [0, 0.05) is 5.69 Å². The van der Waals surface area contributed by atoms with Crippen LogP contribution in [0.2, 0.25) is 0 Å². The molecule has 2 heterocycles. The monoisotopic (exact) mass is 340 g/mol. The van der Waals surface area contributed by atoms with Crippen LogP contribution >= 0.6 is 0 Å². The third kappa shape index (κ3) is 2.70. The molecule has 0 aromatic heterocycles. The predicted octanol–water partition coefficient (Wildman–Crippen LogP) is -1.61. The Bertz CT molecular complexity index is 596. The van der Waals surface area contributed by atoms with E-state index in [4.69, 9.17) is 14.6 Å². The molecule has 1 aromatic rings. The van der Waals surface area contributed by atoms with Gasteiger partial charge in [0.2, 0.25) is 0 Å². The maximum Gasteiger partial charge on any atom is 0.324 e. The molecule has 0 saturated carbocycles. The number of benzene rings is 1. The highest BCUT2D eigenvalue weighted by Crippen LogP contribution is 2.34. The Labute approximate surface area is 138 Å². The van der Waals surface area contributed by atoms with Gasteiger partial charge < -0.3 is 35.2 Å². The molecule has 0 spiro atoms. The lowest BCUT2D eigenvalue weighted by molar-refractivity contribution is -0.117. The van der Waals surface area contributed by atoms with E-state index in [1.54, 1.807) is 24.3 Å². The second-order valence-electron chi connectivity index (χ2n) is 5.77. The number of anilines is 1. The summed E-state index contributed by atoms with van der Waals surface area (Å²) in [4.78, 5) is 13.5. The smallest absolute Gasteiger partial charge is 0.324 e. The van der Waals surface area contributed by atoms with Crippen molar-refractivity contribution < 1.29 is 34.7 Å². The minimum absolute atomic E-state index is 0.440. The minimum atomic E-state index is -1.48. The predicted molar refractivity (Wildman–Crippen MR) is 81.6 cm³/mol. The van der Waals surface area contributed by atoms with E-state index in [0.717, 1.165) is 0 Å². The van der Waals surface area contributed by atoms with E-state index < -0.39 is 49.3 Å². The van der Waals surface area contributed by atoms with Crippen LogP contribution in [0.15, 0.2) is 24.3 Å². The second-order valence-corrected chi connectivity index (χ2v) is 5.77. The number of hydrogen-bond acceptors (Lipinski definition) is 7. The molecule has 3 rings (SSSR count). The van der Waals surface area contributed by atoms with Crippen LogP contribution in [-0.4, -0.2) is 76.9 Å². The molecule has 6 atom stereocenters. The van der Waals surface area contributed by atoms with E-state index in [1.165, 1.54) is 12.0 Å². The average Bonchev–Trinajstić information content (AvgIpc) is 3.09. The van der Waals surface area contributed by atoms with Gasteiger partial charge in [-0.05, 0) is 24.3 Å². The van der Waals surface area contributed by atoms with Gasteiger partial charge in [0.1, 0.15) is 36.2 Å². The van der Waals surface area contributed by atoms with Crippen LogP contribution in [0.4, 0.5) is 10.5 Å². The summed E-state index contributed by atoms with van der Waals surface area (Å²) < 4.78 is 10.7. The van der Waals surface area contributed by atoms with Crippen LogP contribution in [0.5, 0.6) is 5.75 Å². The number of rotatable bonds is 5. The molecule has 1 aromatic carbocycles. The molecule has 2 saturated heterocycles. The molecule has 0 radical (unpaired) electrons. The molecular weight excluding hydrogens is 320 g/mol. The number of hydrogen-bond donors (Lipinski definition) is 5. The van der Waals surface area contributed by atoms with Crippen LogP contribution in [0.1, 0.15) is 0 Å². The SMILES string of the molecule is COc1ccc(N2C(=O)N[C@H]3[C@H](O)[C@H]([C@@H](O)[C@H](O)CO)O[C@H]32)cc1. The summed E-state index contributed by atoms with van der Waals surface area (Å²) in [6.45, 7) is -0.669. The van der Waals surface area contributed by atoms with Crippen molar-refractivity contribution >= 4 is 11.7 Å². The molecular formula is C15H20N2O7. The Morgan fingerprint density at radius 1 is 1.33 bits per heavy atom. The van der Waals surface area contributed by atoms with Crippen LogP contribution in [-0.2, 0) is 4.74 Å². The van der Waals surface area contributed by atoms with Crippen molar-refractivity contribution in [1.29, 1.82) is 0 Å². The first-order valence-corrected chi connectivity index (χ1v) is 7.52. The van der Waals surface area contributed by atoms with Gasteiger partial charge in [-0.2, -0.15) is 0 Å². The largest absolute Gasteiger partial charge is 0.497 e. The Hall–Kier alpha value is -1.91. The summed E-state index contributed by atoms with van der Waals surface area (Å²) in [7, 11) is 1.53. The van der Waals surface area contributed by atoms with Gasteiger partial charge >= 0.3 is 6.03 Å². The molecule has 2 aliphatic rings. The van der Waals surface area contributed by atoms with E-state index in [1.807, 2.05) is 0 Å². The number of nitrogens with one attached hydrogen (secondary N) is 1. The number of carbonyl (C=O) groups is 1. The highest BCUT2D eigenvalue weighted by atomic mass is 16.6. The number of amides is 2. The van der Waals surface area contributed by atoms with Gasteiger partial charge in [-0.1, -0.05) is 0 Å². The molecule has 2 aliphatic heterocycles. The van der Waals surface area contributed by atoms with Crippen LogP contribution in [0, 0.1) is 0 Å². The Kier molecular flexibility index (Phi) is 4.61. The van der Waals surface area contributed by atoms with Gasteiger partial charge in [0.05, 0.1) is 13.7 Å². The lowest BCUT2D eigenvalue weighted by Gasteiger charge is -2.27. The first kappa shape index (κ1) is 16.9. The van der Waals surface area contributed by atoms with E-state index >= 15 is 0 Å². The van der Waals surface area contributed by atoms with Crippen molar-refractivity contribution in [3.8, 4) is 5.75 Å². The Morgan fingerprint density at radius 3 is 2.58 bits per heavy atom. The third-order valence-corrected chi connectivity index (χ3v) is 4.34. The number of methoxy groups -OCH3 is 1. The molecule has 0 bridgehead atoms. The first-order valence-electron chi connectivity index (χ1n) is 7.52. The van der Waals surface area contributed by atoms with Crippen molar-refractivity contribution in [3.05, 3.63) is 24.3 Å². The Morgan fingerprint density at radius 2 is 2.00 bits per heavy atom. The van der Waals surface area contributed by atoms with Gasteiger partial charge in [0.15, 0.2) is 6.23 Å². The highest BCUT2D eigenvalue weighted by Gasteiger charge is 2.56. The number of urea groups is 1. The normalized spacial score (nSPS) is 31.5. The highest BCUT2D eigenvalue weighted by molar-refractivity contribution is 5.95. The standard InChI is InChI=1S/C15H20N2O7/c1-23-8-4-2-7(3-5-8)17-14-10(16-15(17)22)12(21)13(24-14)11(20)9(19)6-18/h2-5,9-14,18-21H,6H2,1H3,(H,16,22)/t9-,10+,11+,12+,13+,14-/m1/s1. The topological polar surface area (TPSA) is 132 Å². The van der Waals surface area contributed by atoms with Gasteiger partial charge in [-0.25, -0.2) is 4.79 Å². The van der Waals surface area contributed by atoms with Gasteiger partial charge in [-0.3, -0.25) is 4.90 Å². The number of aliphatic hydroxyl groups excluding tert-OH is 4. The summed E-state index contributed by atoms with van der Waals surface area (Å²) in [5.74, 6) is 0.627.